The number of aryl methyl sites for hydroxylation is 2. The van der Waals surface area contributed by atoms with E-state index in [0.29, 0.717) is 6.04 Å². The van der Waals surface area contributed by atoms with Crippen molar-refractivity contribution >= 4 is 0 Å². The van der Waals surface area contributed by atoms with Crippen molar-refractivity contribution in [1.82, 2.24) is 30.3 Å². The van der Waals surface area contributed by atoms with Crippen molar-refractivity contribution in [2.24, 2.45) is 0 Å². The second-order valence-electron chi connectivity index (χ2n) is 5.02. The van der Waals surface area contributed by atoms with Crippen molar-refractivity contribution in [2.45, 2.75) is 32.7 Å². The van der Waals surface area contributed by atoms with Gasteiger partial charge < -0.3 is 5.32 Å². The summed E-state index contributed by atoms with van der Waals surface area (Å²) in [4.78, 5) is 9.01. The third kappa shape index (κ3) is 2.49. The van der Waals surface area contributed by atoms with E-state index in [2.05, 4.69) is 25.6 Å². The first-order chi connectivity index (χ1) is 9.24. The van der Waals surface area contributed by atoms with Gasteiger partial charge in [0.05, 0.1) is 12.2 Å². The van der Waals surface area contributed by atoms with E-state index in [1.54, 1.807) is 6.20 Å². The van der Waals surface area contributed by atoms with Gasteiger partial charge in [0.1, 0.15) is 5.69 Å². The number of rotatable bonds is 2. The van der Waals surface area contributed by atoms with Crippen LogP contribution < -0.4 is 5.32 Å². The lowest BCUT2D eigenvalue weighted by Crippen LogP contribution is -2.30. The smallest absolute Gasteiger partial charge is 0.179 e. The summed E-state index contributed by atoms with van der Waals surface area (Å²) in [5.74, 6) is 0.723. The van der Waals surface area contributed by atoms with Gasteiger partial charge in [-0.15, -0.1) is 5.10 Å². The first-order valence-electron chi connectivity index (χ1n) is 6.67. The molecule has 1 fully saturated rings. The molecule has 100 valence electrons. The van der Waals surface area contributed by atoms with E-state index in [4.69, 9.17) is 0 Å². The summed E-state index contributed by atoms with van der Waals surface area (Å²) in [5.41, 5.74) is 2.86. The van der Waals surface area contributed by atoms with Crippen molar-refractivity contribution in [3.05, 3.63) is 23.7 Å². The van der Waals surface area contributed by atoms with Crippen LogP contribution in [0.3, 0.4) is 0 Å². The van der Waals surface area contributed by atoms with Gasteiger partial charge in [0.2, 0.25) is 0 Å². The molecular weight excluding hydrogens is 240 g/mol. The molecule has 1 aliphatic heterocycles. The second-order valence-corrected chi connectivity index (χ2v) is 5.02. The maximum Gasteiger partial charge on any atom is 0.179 e. The molecule has 0 radical (unpaired) electrons. The van der Waals surface area contributed by atoms with Crippen LogP contribution >= 0.6 is 0 Å². The molecule has 6 nitrogen and oxygen atoms in total. The third-order valence-electron chi connectivity index (χ3n) is 3.44. The Bertz CT molecular complexity index is 550. The number of nitrogens with one attached hydrogen (secondary N) is 1. The lowest BCUT2D eigenvalue weighted by Gasteiger charge is -2.23. The average molecular weight is 258 g/mol. The Morgan fingerprint density at radius 2 is 1.84 bits per heavy atom. The van der Waals surface area contributed by atoms with Gasteiger partial charge in [-0.25, -0.2) is 14.6 Å². The molecule has 1 aliphatic rings. The molecule has 0 atom stereocenters. The Balaban J connectivity index is 1.98. The van der Waals surface area contributed by atoms with E-state index in [1.165, 1.54) is 0 Å². The number of nitrogens with zero attached hydrogens (tertiary/aromatic N) is 5. The summed E-state index contributed by atoms with van der Waals surface area (Å²) in [6.45, 7) is 6.02. The zero-order valence-electron chi connectivity index (χ0n) is 11.3. The largest absolute Gasteiger partial charge is 0.317 e. The van der Waals surface area contributed by atoms with Crippen molar-refractivity contribution in [3.8, 4) is 11.5 Å². The lowest BCUT2D eigenvalue weighted by atomic mass is 10.1. The van der Waals surface area contributed by atoms with Crippen molar-refractivity contribution in [3.63, 3.8) is 0 Å². The molecule has 0 aromatic carbocycles. The molecule has 2 aromatic rings. The van der Waals surface area contributed by atoms with Crippen LogP contribution in [-0.2, 0) is 0 Å². The van der Waals surface area contributed by atoms with Gasteiger partial charge in [-0.3, -0.25) is 0 Å². The van der Waals surface area contributed by atoms with Gasteiger partial charge in [-0.05, 0) is 45.8 Å². The number of piperidine rings is 1. The second kappa shape index (κ2) is 5.05. The van der Waals surface area contributed by atoms with Gasteiger partial charge in [-0.1, -0.05) is 5.21 Å². The molecule has 19 heavy (non-hydrogen) atoms. The standard InChI is InChI=1S/C13H18N6/c1-9-7-10(2)17-13(16-9)12-8-15-18-19(12)11-3-5-14-6-4-11/h7-8,11,14H,3-6H2,1-2H3. The molecule has 1 saturated heterocycles. The highest BCUT2D eigenvalue weighted by Gasteiger charge is 2.20. The van der Waals surface area contributed by atoms with Gasteiger partial charge in [0.15, 0.2) is 5.82 Å². The van der Waals surface area contributed by atoms with Crippen LogP contribution in [0.15, 0.2) is 12.3 Å². The first kappa shape index (κ1) is 12.2. The Kier molecular flexibility index (Phi) is 3.25. The Labute approximate surface area is 112 Å². The molecule has 0 amide bonds. The molecule has 0 bridgehead atoms. The fourth-order valence-corrected chi connectivity index (χ4v) is 2.57. The van der Waals surface area contributed by atoms with Gasteiger partial charge >= 0.3 is 0 Å². The molecule has 0 unspecified atom stereocenters. The van der Waals surface area contributed by atoms with E-state index < -0.39 is 0 Å². The van der Waals surface area contributed by atoms with Crippen LogP contribution in [0.25, 0.3) is 11.5 Å². The van der Waals surface area contributed by atoms with Gasteiger partial charge in [-0.2, -0.15) is 0 Å². The van der Waals surface area contributed by atoms with E-state index in [9.17, 15) is 0 Å². The quantitative estimate of drug-likeness (QED) is 0.878. The fraction of sp³-hybridized carbons (Fsp3) is 0.538. The van der Waals surface area contributed by atoms with E-state index in [1.807, 2.05) is 24.6 Å². The molecule has 3 heterocycles. The first-order valence-corrected chi connectivity index (χ1v) is 6.67. The van der Waals surface area contributed by atoms with E-state index in [-0.39, 0.29) is 0 Å². The topological polar surface area (TPSA) is 68.5 Å². The predicted molar refractivity (Wildman–Crippen MR) is 71.7 cm³/mol. The minimum atomic E-state index is 0.392. The van der Waals surface area contributed by atoms with Crippen LogP contribution in [0.1, 0.15) is 30.3 Å². The zero-order chi connectivity index (χ0) is 13.2. The summed E-state index contributed by atoms with van der Waals surface area (Å²) < 4.78 is 1.98. The molecule has 3 rings (SSSR count). The Morgan fingerprint density at radius 1 is 1.16 bits per heavy atom. The normalized spacial score (nSPS) is 16.7. The SMILES string of the molecule is Cc1cc(C)nc(-c2cnnn2C2CCNCC2)n1. The van der Waals surface area contributed by atoms with Crippen LogP contribution in [0, 0.1) is 13.8 Å². The highest BCUT2D eigenvalue weighted by atomic mass is 15.4. The van der Waals surface area contributed by atoms with E-state index >= 15 is 0 Å². The fourth-order valence-electron chi connectivity index (χ4n) is 2.57. The molecule has 6 heteroatoms. The highest BCUT2D eigenvalue weighted by molar-refractivity contribution is 5.48. The Morgan fingerprint density at radius 3 is 2.53 bits per heavy atom. The average Bonchev–Trinajstić information content (AvgIpc) is 2.88. The van der Waals surface area contributed by atoms with Crippen molar-refractivity contribution in [2.75, 3.05) is 13.1 Å². The minimum Gasteiger partial charge on any atom is -0.317 e. The summed E-state index contributed by atoms with van der Waals surface area (Å²) >= 11 is 0. The van der Waals surface area contributed by atoms with Crippen molar-refractivity contribution in [1.29, 1.82) is 0 Å². The monoisotopic (exact) mass is 258 g/mol. The Hall–Kier alpha value is -1.82. The molecule has 0 saturated carbocycles. The predicted octanol–water partition coefficient (Wildman–Crippen LogP) is 1.28. The van der Waals surface area contributed by atoms with Crippen LogP contribution in [0.4, 0.5) is 0 Å². The molecule has 0 spiro atoms. The molecule has 1 N–H and O–H groups in total. The summed E-state index contributed by atoms with van der Waals surface area (Å²) in [6, 6.07) is 2.37. The summed E-state index contributed by atoms with van der Waals surface area (Å²) in [5, 5.41) is 11.6. The zero-order valence-corrected chi connectivity index (χ0v) is 11.3. The van der Waals surface area contributed by atoms with Crippen molar-refractivity contribution < 1.29 is 0 Å². The highest BCUT2D eigenvalue weighted by Crippen LogP contribution is 2.23. The minimum absolute atomic E-state index is 0.392. The summed E-state index contributed by atoms with van der Waals surface area (Å²) in [7, 11) is 0. The van der Waals surface area contributed by atoms with Gasteiger partial charge in [0.25, 0.3) is 0 Å². The molecular formula is C13H18N6. The maximum absolute atomic E-state index is 4.50. The number of aromatic nitrogens is 5. The van der Waals surface area contributed by atoms with Gasteiger partial charge in [0, 0.05) is 11.4 Å². The van der Waals surface area contributed by atoms with Crippen LogP contribution in [0.2, 0.25) is 0 Å². The lowest BCUT2D eigenvalue weighted by molar-refractivity contribution is 0.340. The van der Waals surface area contributed by atoms with Crippen LogP contribution in [-0.4, -0.2) is 38.1 Å². The summed E-state index contributed by atoms with van der Waals surface area (Å²) in [6.07, 6.45) is 3.90. The van der Waals surface area contributed by atoms with Crippen LogP contribution in [0.5, 0.6) is 0 Å². The number of hydrogen-bond acceptors (Lipinski definition) is 5. The molecule has 2 aromatic heterocycles. The third-order valence-corrected chi connectivity index (χ3v) is 3.44. The number of hydrogen-bond donors (Lipinski definition) is 1. The molecule has 0 aliphatic carbocycles. The van der Waals surface area contributed by atoms with E-state index in [0.717, 1.165) is 48.8 Å². The maximum atomic E-state index is 4.50.